The van der Waals surface area contributed by atoms with Gasteiger partial charge in [-0.25, -0.2) is 8.42 Å². The lowest BCUT2D eigenvalue weighted by Gasteiger charge is -2.26. The number of carbonyl (C=O) groups excluding carboxylic acids is 1. The first-order valence-corrected chi connectivity index (χ1v) is 13.4. The van der Waals surface area contributed by atoms with Crippen molar-refractivity contribution in [3.8, 4) is 5.75 Å². The molecule has 0 heterocycles. The van der Waals surface area contributed by atoms with Crippen LogP contribution in [0.2, 0.25) is 0 Å². The maximum absolute atomic E-state index is 13.7. The lowest BCUT2D eigenvalue weighted by Crippen LogP contribution is -2.42. The van der Waals surface area contributed by atoms with Crippen LogP contribution in [0.25, 0.3) is 0 Å². The van der Waals surface area contributed by atoms with E-state index in [0.717, 1.165) is 22.7 Å². The van der Waals surface area contributed by atoms with Crippen LogP contribution in [-0.4, -0.2) is 34.0 Å². The zero-order valence-electron chi connectivity index (χ0n) is 20.6. The highest BCUT2D eigenvalue weighted by Crippen LogP contribution is 2.32. The molecule has 3 aromatic carbocycles. The van der Waals surface area contributed by atoms with E-state index in [0.29, 0.717) is 24.6 Å². The molecule has 0 radical (unpaired) electrons. The van der Waals surface area contributed by atoms with Crippen LogP contribution in [0.3, 0.4) is 0 Å². The molecule has 0 bridgehead atoms. The number of nitrogens with one attached hydrogen (secondary N) is 1. The zero-order valence-corrected chi connectivity index (χ0v) is 21.4. The Morgan fingerprint density at radius 1 is 0.943 bits per heavy atom. The first-order chi connectivity index (χ1) is 16.8. The fraction of sp³-hybridized carbons (Fsp3) is 0.321. The molecule has 6 nitrogen and oxygen atoms in total. The van der Waals surface area contributed by atoms with Gasteiger partial charge in [0, 0.05) is 6.54 Å². The topological polar surface area (TPSA) is 75.7 Å². The van der Waals surface area contributed by atoms with Gasteiger partial charge < -0.3 is 10.1 Å². The van der Waals surface area contributed by atoms with Crippen molar-refractivity contribution < 1.29 is 17.9 Å². The minimum absolute atomic E-state index is 0.123. The number of ether oxygens (including phenoxy) is 1. The quantitative estimate of drug-likeness (QED) is 0.386. The van der Waals surface area contributed by atoms with Crippen LogP contribution >= 0.6 is 0 Å². The molecule has 1 unspecified atom stereocenters. The van der Waals surface area contributed by atoms with E-state index in [9.17, 15) is 13.2 Å². The highest BCUT2D eigenvalue weighted by Gasteiger charge is 2.29. The van der Waals surface area contributed by atoms with E-state index in [1.807, 2.05) is 32.0 Å². The van der Waals surface area contributed by atoms with E-state index in [-0.39, 0.29) is 23.3 Å². The third-order valence-corrected chi connectivity index (χ3v) is 7.64. The van der Waals surface area contributed by atoms with E-state index < -0.39 is 10.0 Å². The Labute approximate surface area is 209 Å². The predicted molar refractivity (Wildman–Crippen MR) is 140 cm³/mol. The number of nitrogens with zero attached hydrogens (tertiary/aromatic N) is 1. The van der Waals surface area contributed by atoms with Crippen molar-refractivity contribution in [3.05, 3.63) is 90.0 Å². The van der Waals surface area contributed by atoms with E-state index in [1.165, 1.54) is 5.56 Å². The summed E-state index contributed by atoms with van der Waals surface area (Å²) in [5.74, 6) is 0.298. The third kappa shape index (κ3) is 7.09. The average molecular weight is 495 g/mol. The fourth-order valence-electron chi connectivity index (χ4n) is 3.83. The van der Waals surface area contributed by atoms with Crippen LogP contribution in [0.4, 0.5) is 5.69 Å². The number of anilines is 1. The number of hydrogen-bond donors (Lipinski definition) is 1. The van der Waals surface area contributed by atoms with Gasteiger partial charge in [0.1, 0.15) is 12.3 Å². The molecule has 0 aromatic heterocycles. The molecule has 0 aliphatic heterocycles. The Morgan fingerprint density at radius 2 is 1.60 bits per heavy atom. The zero-order chi connectivity index (χ0) is 25.3. The summed E-state index contributed by atoms with van der Waals surface area (Å²) in [7, 11) is -4.01. The first-order valence-electron chi connectivity index (χ1n) is 12.0. The summed E-state index contributed by atoms with van der Waals surface area (Å²) in [5.41, 5.74) is 2.50. The van der Waals surface area contributed by atoms with Gasteiger partial charge in [-0.3, -0.25) is 9.10 Å². The normalized spacial score (nSPS) is 12.1. The summed E-state index contributed by atoms with van der Waals surface area (Å²) in [5, 5.41) is 2.95. The van der Waals surface area contributed by atoms with Crippen LogP contribution < -0.4 is 14.4 Å². The van der Waals surface area contributed by atoms with Gasteiger partial charge in [0.25, 0.3) is 10.0 Å². The fourth-order valence-corrected chi connectivity index (χ4v) is 5.26. The standard InChI is InChI=1S/C28H34N2O4S/c1-4-23(19-24-11-7-6-8-12-24)20-29-28(31)21-30(26-13-9-10-14-27(26)34-5-2)35(32,33)25-17-15-22(3)16-18-25/h6-18,23H,4-5,19-21H2,1-3H3,(H,29,31). The minimum Gasteiger partial charge on any atom is -0.492 e. The van der Waals surface area contributed by atoms with Crippen LogP contribution in [0.1, 0.15) is 31.4 Å². The Morgan fingerprint density at radius 3 is 2.26 bits per heavy atom. The maximum atomic E-state index is 13.7. The number of sulfonamides is 1. The third-order valence-electron chi connectivity index (χ3n) is 5.86. The van der Waals surface area contributed by atoms with E-state index in [4.69, 9.17) is 4.74 Å². The Hall–Kier alpha value is -3.32. The molecule has 0 aliphatic rings. The Bertz CT molecular complexity index is 1200. The molecule has 35 heavy (non-hydrogen) atoms. The second-order valence-electron chi connectivity index (χ2n) is 8.49. The van der Waals surface area contributed by atoms with Gasteiger partial charge in [-0.05, 0) is 56.0 Å². The highest BCUT2D eigenvalue weighted by molar-refractivity contribution is 7.92. The van der Waals surface area contributed by atoms with Gasteiger partial charge in [-0.15, -0.1) is 0 Å². The van der Waals surface area contributed by atoms with Crippen LogP contribution in [0.15, 0.2) is 83.8 Å². The minimum atomic E-state index is -4.01. The molecule has 186 valence electrons. The second kappa shape index (κ2) is 12.4. The summed E-state index contributed by atoms with van der Waals surface area (Å²) in [6.45, 7) is 6.31. The molecule has 0 fully saturated rings. The van der Waals surface area contributed by atoms with Gasteiger partial charge in [-0.2, -0.15) is 0 Å². The Balaban J connectivity index is 1.83. The summed E-state index contributed by atoms with van der Waals surface area (Å²) in [4.78, 5) is 13.2. The van der Waals surface area contributed by atoms with Crippen molar-refractivity contribution in [2.45, 2.75) is 38.5 Å². The lowest BCUT2D eigenvalue weighted by molar-refractivity contribution is -0.119. The summed E-state index contributed by atoms with van der Waals surface area (Å²) in [6.07, 6.45) is 1.74. The summed E-state index contributed by atoms with van der Waals surface area (Å²) >= 11 is 0. The van der Waals surface area contributed by atoms with Crippen molar-refractivity contribution >= 4 is 21.6 Å². The van der Waals surface area contributed by atoms with Gasteiger partial charge in [-0.1, -0.05) is 73.5 Å². The lowest BCUT2D eigenvalue weighted by atomic mass is 9.97. The number of hydrogen-bond acceptors (Lipinski definition) is 4. The molecule has 3 rings (SSSR count). The molecule has 1 N–H and O–H groups in total. The molecule has 0 saturated heterocycles. The van der Waals surface area contributed by atoms with Crippen molar-refractivity contribution in [1.82, 2.24) is 5.32 Å². The van der Waals surface area contributed by atoms with E-state index in [2.05, 4.69) is 24.4 Å². The molecule has 0 saturated carbocycles. The van der Waals surface area contributed by atoms with E-state index >= 15 is 0 Å². The van der Waals surface area contributed by atoms with Crippen molar-refractivity contribution in [2.24, 2.45) is 5.92 Å². The smallest absolute Gasteiger partial charge is 0.264 e. The number of benzene rings is 3. The molecule has 0 spiro atoms. The number of amides is 1. The molecule has 7 heteroatoms. The van der Waals surface area contributed by atoms with Gasteiger partial charge in [0.15, 0.2) is 0 Å². The SMILES string of the molecule is CCOc1ccccc1N(CC(=O)NCC(CC)Cc1ccccc1)S(=O)(=O)c1ccc(C)cc1. The molecule has 3 aromatic rings. The van der Waals surface area contributed by atoms with Gasteiger partial charge in [0.2, 0.25) is 5.91 Å². The second-order valence-corrected chi connectivity index (χ2v) is 10.4. The maximum Gasteiger partial charge on any atom is 0.264 e. The van der Waals surface area contributed by atoms with Crippen LogP contribution in [-0.2, 0) is 21.2 Å². The monoisotopic (exact) mass is 494 g/mol. The van der Waals surface area contributed by atoms with E-state index in [1.54, 1.807) is 48.5 Å². The summed E-state index contributed by atoms with van der Waals surface area (Å²) in [6, 6.07) is 23.6. The molecule has 0 aliphatic carbocycles. The largest absolute Gasteiger partial charge is 0.492 e. The number of aryl methyl sites for hydroxylation is 1. The van der Waals surface area contributed by atoms with Crippen molar-refractivity contribution in [3.63, 3.8) is 0 Å². The van der Waals surface area contributed by atoms with Crippen LogP contribution in [0.5, 0.6) is 5.75 Å². The molecule has 1 amide bonds. The average Bonchev–Trinajstić information content (AvgIpc) is 2.86. The predicted octanol–water partition coefficient (Wildman–Crippen LogP) is 4.97. The molecular formula is C28H34N2O4S. The van der Waals surface area contributed by atoms with Crippen molar-refractivity contribution in [2.75, 3.05) is 24.0 Å². The molecule has 1 atom stereocenters. The number of para-hydroxylation sites is 2. The number of rotatable bonds is 12. The highest BCUT2D eigenvalue weighted by atomic mass is 32.2. The molecular weight excluding hydrogens is 460 g/mol. The first kappa shape index (κ1) is 26.3. The van der Waals surface area contributed by atoms with Crippen LogP contribution in [0, 0.1) is 12.8 Å². The van der Waals surface area contributed by atoms with Gasteiger partial charge in [0.05, 0.1) is 17.2 Å². The van der Waals surface area contributed by atoms with Gasteiger partial charge >= 0.3 is 0 Å². The number of carbonyl (C=O) groups is 1. The van der Waals surface area contributed by atoms with Crippen molar-refractivity contribution in [1.29, 1.82) is 0 Å². The summed E-state index contributed by atoms with van der Waals surface area (Å²) < 4.78 is 34.2. The Kier molecular flexibility index (Phi) is 9.32.